The van der Waals surface area contributed by atoms with Crippen LogP contribution in [0.5, 0.6) is 0 Å². The molecule has 1 aromatic rings. The molecular formula is C18H27NO. The second-order valence-corrected chi connectivity index (χ2v) is 6.06. The van der Waals surface area contributed by atoms with Crippen molar-refractivity contribution in [1.82, 2.24) is 4.90 Å². The van der Waals surface area contributed by atoms with Crippen LogP contribution in [-0.2, 0) is 0 Å². The van der Waals surface area contributed by atoms with Gasteiger partial charge in [-0.2, -0.15) is 0 Å². The Hall–Kier alpha value is -1.15. The highest BCUT2D eigenvalue weighted by Crippen LogP contribution is 2.23. The van der Waals surface area contributed by atoms with Crippen molar-refractivity contribution in [2.45, 2.75) is 65.0 Å². The van der Waals surface area contributed by atoms with E-state index in [2.05, 4.69) is 25.7 Å². The first kappa shape index (κ1) is 15.2. The monoisotopic (exact) mass is 273 g/mol. The van der Waals surface area contributed by atoms with Crippen molar-refractivity contribution < 1.29 is 4.79 Å². The van der Waals surface area contributed by atoms with Gasteiger partial charge in [-0.05, 0) is 39.7 Å². The van der Waals surface area contributed by atoms with Crippen LogP contribution in [0.25, 0.3) is 0 Å². The van der Waals surface area contributed by atoms with E-state index in [0.29, 0.717) is 6.04 Å². The van der Waals surface area contributed by atoms with Gasteiger partial charge in [0.25, 0.3) is 0 Å². The lowest BCUT2D eigenvalue weighted by atomic mass is 10.00. The van der Waals surface area contributed by atoms with Crippen molar-refractivity contribution >= 4 is 5.78 Å². The van der Waals surface area contributed by atoms with Gasteiger partial charge >= 0.3 is 0 Å². The SMILES string of the molecule is CCC1CCCCCN1C(C)C(=O)c1ccc(C)cc1. The molecule has 20 heavy (non-hydrogen) atoms. The molecule has 1 saturated heterocycles. The van der Waals surface area contributed by atoms with Gasteiger partial charge in [-0.1, -0.05) is 49.6 Å². The van der Waals surface area contributed by atoms with E-state index < -0.39 is 0 Å². The lowest BCUT2D eigenvalue weighted by molar-refractivity contribution is 0.0758. The Morgan fingerprint density at radius 1 is 1.25 bits per heavy atom. The van der Waals surface area contributed by atoms with Crippen LogP contribution in [0.3, 0.4) is 0 Å². The summed E-state index contributed by atoms with van der Waals surface area (Å²) in [5, 5.41) is 0. The molecule has 1 aliphatic heterocycles. The van der Waals surface area contributed by atoms with E-state index in [0.717, 1.165) is 18.5 Å². The molecule has 0 radical (unpaired) electrons. The quantitative estimate of drug-likeness (QED) is 0.765. The zero-order chi connectivity index (χ0) is 14.5. The standard InChI is InChI=1S/C18H27NO/c1-4-17-8-6-5-7-13-19(17)15(3)18(20)16-11-9-14(2)10-12-16/h9-12,15,17H,4-8,13H2,1-3H3. The summed E-state index contributed by atoms with van der Waals surface area (Å²) in [5.74, 6) is 0.269. The van der Waals surface area contributed by atoms with Gasteiger partial charge < -0.3 is 0 Å². The van der Waals surface area contributed by atoms with E-state index in [9.17, 15) is 4.79 Å². The smallest absolute Gasteiger partial charge is 0.179 e. The fraction of sp³-hybridized carbons (Fsp3) is 0.611. The molecule has 2 rings (SSSR count). The maximum Gasteiger partial charge on any atom is 0.179 e. The Balaban J connectivity index is 2.13. The molecule has 1 fully saturated rings. The van der Waals surface area contributed by atoms with E-state index >= 15 is 0 Å². The largest absolute Gasteiger partial charge is 0.292 e. The fourth-order valence-electron chi connectivity index (χ4n) is 3.26. The maximum atomic E-state index is 12.7. The highest BCUT2D eigenvalue weighted by Gasteiger charge is 2.28. The van der Waals surface area contributed by atoms with E-state index in [4.69, 9.17) is 0 Å². The van der Waals surface area contributed by atoms with Gasteiger partial charge in [0.2, 0.25) is 0 Å². The van der Waals surface area contributed by atoms with Crippen molar-refractivity contribution in [1.29, 1.82) is 0 Å². The van der Waals surface area contributed by atoms with Gasteiger partial charge in [-0.3, -0.25) is 9.69 Å². The number of Topliss-reactive ketones (excluding diaryl/α,β-unsaturated/α-hetero) is 1. The highest BCUT2D eigenvalue weighted by molar-refractivity contribution is 5.99. The number of aryl methyl sites for hydroxylation is 1. The van der Waals surface area contributed by atoms with Gasteiger partial charge in [0, 0.05) is 11.6 Å². The third-order valence-corrected chi connectivity index (χ3v) is 4.61. The molecule has 0 spiro atoms. The van der Waals surface area contributed by atoms with E-state index in [-0.39, 0.29) is 11.8 Å². The Morgan fingerprint density at radius 3 is 2.60 bits per heavy atom. The first-order valence-electron chi connectivity index (χ1n) is 8.00. The molecule has 2 atom stereocenters. The summed E-state index contributed by atoms with van der Waals surface area (Å²) in [6.45, 7) is 7.44. The van der Waals surface area contributed by atoms with Crippen molar-refractivity contribution in [2.24, 2.45) is 0 Å². The molecule has 0 amide bonds. The predicted molar refractivity (Wildman–Crippen MR) is 84.2 cm³/mol. The zero-order valence-corrected chi connectivity index (χ0v) is 13.1. The summed E-state index contributed by atoms with van der Waals surface area (Å²) in [7, 11) is 0. The van der Waals surface area contributed by atoms with Crippen LogP contribution in [0.4, 0.5) is 0 Å². The summed E-state index contributed by atoms with van der Waals surface area (Å²) in [4.78, 5) is 15.1. The number of ketones is 1. The van der Waals surface area contributed by atoms with Crippen molar-refractivity contribution in [3.05, 3.63) is 35.4 Å². The van der Waals surface area contributed by atoms with Gasteiger partial charge in [-0.15, -0.1) is 0 Å². The highest BCUT2D eigenvalue weighted by atomic mass is 16.1. The van der Waals surface area contributed by atoms with Crippen molar-refractivity contribution in [3.63, 3.8) is 0 Å². The summed E-state index contributed by atoms with van der Waals surface area (Å²) >= 11 is 0. The van der Waals surface area contributed by atoms with E-state index in [1.165, 1.54) is 31.2 Å². The fourth-order valence-corrected chi connectivity index (χ4v) is 3.26. The van der Waals surface area contributed by atoms with Crippen molar-refractivity contribution in [2.75, 3.05) is 6.54 Å². The van der Waals surface area contributed by atoms with Crippen LogP contribution < -0.4 is 0 Å². The number of rotatable bonds is 4. The molecule has 1 heterocycles. The van der Waals surface area contributed by atoms with Crippen LogP contribution in [0, 0.1) is 6.92 Å². The molecule has 0 aromatic heterocycles. The predicted octanol–water partition coefficient (Wildman–Crippen LogP) is 4.22. The molecular weight excluding hydrogens is 246 g/mol. The second-order valence-electron chi connectivity index (χ2n) is 6.06. The molecule has 1 aromatic carbocycles. The number of likely N-dealkylation sites (tertiary alicyclic amines) is 1. The number of benzene rings is 1. The first-order chi connectivity index (χ1) is 9.63. The summed E-state index contributed by atoms with van der Waals surface area (Å²) < 4.78 is 0. The molecule has 1 aliphatic rings. The van der Waals surface area contributed by atoms with E-state index in [1.54, 1.807) is 0 Å². The first-order valence-corrected chi connectivity index (χ1v) is 8.00. The molecule has 2 unspecified atom stereocenters. The second kappa shape index (κ2) is 7.03. The van der Waals surface area contributed by atoms with Crippen LogP contribution >= 0.6 is 0 Å². The number of carbonyl (C=O) groups excluding carboxylic acids is 1. The Kier molecular flexibility index (Phi) is 5.36. The zero-order valence-electron chi connectivity index (χ0n) is 13.1. The number of hydrogen-bond donors (Lipinski definition) is 0. The molecule has 0 N–H and O–H groups in total. The third kappa shape index (κ3) is 3.49. The molecule has 0 aliphatic carbocycles. The van der Waals surface area contributed by atoms with E-state index in [1.807, 2.05) is 24.3 Å². The minimum absolute atomic E-state index is 0.000700. The normalized spacial score (nSPS) is 22.2. The molecule has 2 nitrogen and oxygen atoms in total. The summed E-state index contributed by atoms with van der Waals surface area (Å²) in [6.07, 6.45) is 6.22. The number of carbonyl (C=O) groups is 1. The minimum Gasteiger partial charge on any atom is -0.292 e. The van der Waals surface area contributed by atoms with Crippen LogP contribution in [0.15, 0.2) is 24.3 Å². The molecule has 0 bridgehead atoms. The topological polar surface area (TPSA) is 20.3 Å². The Bertz CT molecular complexity index is 437. The molecule has 0 saturated carbocycles. The van der Waals surface area contributed by atoms with Crippen LogP contribution in [0.1, 0.15) is 61.9 Å². The average Bonchev–Trinajstić information content (AvgIpc) is 2.71. The van der Waals surface area contributed by atoms with Gasteiger partial charge in [0.1, 0.15) is 0 Å². The minimum atomic E-state index is 0.000700. The average molecular weight is 273 g/mol. The van der Waals surface area contributed by atoms with Crippen LogP contribution in [-0.4, -0.2) is 29.3 Å². The third-order valence-electron chi connectivity index (χ3n) is 4.61. The maximum absolute atomic E-state index is 12.7. The van der Waals surface area contributed by atoms with Gasteiger partial charge in [0.15, 0.2) is 5.78 Å². The van der Waals surface area contributed by atoms with Gasteiger partial charge in [-0.25, -0.2) is 0 Å². The lowest BCUT2D eigenvalue weighted by Gasteiger charge is -2.34. The summed E-state index contributed by atoms with van der Waals surface area (Å²) in [5.41, 5.74) is 2.05. The number of hydrogen-bond acceptors (Lipinski definition) is 2. The van der Waals surface area contributed by atoms with Crippen LogP contribution in [0.2, 0.25) is 0 Å². The Labute approximate surface area is 123 Å². The summed E-state index contributed by atoms with van der Waals surface area (Å²) in [6, 6.07) is 8.56. The number of nitrogens with zero attached hydrogens (tertiary/aromatic N) is 1. The lowest BCUT2D eigenvalue weighted by Crippen LogP contribution is -2.45. The van der Waals surface area contributed by atoms with Gasteiger partial charge in [0.05, 0.1) is 6.04 Å². The van der Waals surface area contributed by atoms with Crippen molar-refractivity contribution in [3.8, 4) is 0 Å². The molecule has 110 valence electrons. The molecule has 2 heteroatoms. The Morgan fingerprint density at radius 2 is 1.95 bits per heavy atom.